The number of fused-ring (bicyclic) bond motifs is 1. The summed E-state index contributed by atoms with van der Waals surface area (Å²) in [6, 6.07) is 7.50. The van der Waals surface area contributed by atoms with E-state index in [1.807, 2.05) is 24.3 Å². The normalized spacial score (nSPS) is 13.7. The van der Waals surface area contributed by atoms with Gasteiger partial charge in [-0.25, -0.2) is 9.59 Å². The Labute approximate surface area is 207 Å². The van der Waals surface area contributed by atoms with Gasteiger partial charge in [-0.05, 0) is 11.6 Å². The van der Waals surface area contributed by atoms with E-state index in [0.717, 1.165) is 27.8 Å². The number of anilines is 1. The Morgan fingerprint density at radius 3 is 2.35 bits per heavy atom. The highest BCUT2D eigenvalue weighted by atomic mass is 19.4. The second-order valence-corrected chi connectivity index (χ2v) is 7.92. The van der Waals surface area contributed by atoms with Gasteiger partial charge in [-0.15, -0.1) is 0 Å². The first kappa shape index (κ1) is 27.2. The first-order valence-corrected chi connectivity index (χ1v) is 10.9. The zero-order chi connectivity index (χ0) is 27.5. The monoisotopic (exact) mass is 523 g/mol. The highest BCUT2D eigenvalue weighted by molar-refractivity contribution is 5.82. The average Bonchev–Trinajstić information content (AvgIpc) is 3.26. The molecule has 198 valence electrons. The molecule has 1 fully saturated rings. The van der Waals surface area contributed by atoms with Crippen LogP contribution in [0.2, 0.25) is 0 Å². The van der Waals surface area contributed by atoms with Crippen molar-refractivity contribution in [1.82, 2.24) is 24.0 Å². The fourth-order valence-electron chi connectivity index (χ4n) is 3.76. The van der Waals surface area contributed by atoms with Gasteiger partial charge in [0.25, 0.3) is 5.56 Å². The third kappa shape index (κ3) is 5.55. The predicted octanol–water partition coefficient (Wildman–Crippen LogP) is 0.0571. The number of amides is 1. The van der Waals surface area contributed by atoms with Crippen molar-refractivity contribution in [2.24, 2.45) is 12.8 Å². The van der Waals surface area contributed by atoms with Gasteiger partial charge in [0.15, 0.2) is 11.2 Å². The lowest BCUT2D eigenvalue weighted by atomic mass is 10.1. The number of imidazole rings is 1. The topological polar surface area (TPSA) is 157 Å². The van der Waals surface area contributed by atoms with Gasteiger partial charge in [0, 0.05) is 33.2 Å². The molecule has 3 heterocycles. The van der Waals surface area contributed by atoms with Gasteiger partial charge in [0.1, 0.15) is 6.54 Å². The summed E-state index contributed by atoms with van der Waals surface area (Å²) in [4.78, 5) is 53.2. The van der Waals surface area contributed by atoms with E-state index in [0.29, 0.717) is 24.7 Å². The lowest BCUT2D eigenvalue weighted by Crippen LogP contribution is -2.44. The number of benzene rings is 1. The SMILES string of the molecule is C=Cc1ccccc1-n1c(N2CCNCC2)nc2c1c(=O)n(C)c(=O)n2CC(N)=O.O=C(O)C(F)(F)F. The number of nitrogens with two attached hydrogens (primary N) is 1. The van der Waals surface area contributed by atoms with Crippen molar-refractivity contribution in [3.8, 4) is 5.69 Å². The van der Waals surface area contributed by atoms with Crippen molar-refractivity contribution >= 4 is 35.1 Å². The number of hydrogen-bond donors (Lipinski definition) is 3. The zero-order valence-electron chi connectivity index (χ0n) is 19.7. The molecule has 0 radical (unpaired) electrons. The Morgan fingerprint density at radius 1 is 1.22 bits per heavy atom. The number of nitrogens with zero attached hydrogens (tertiary/aromatic N) is 5. The number of carbonyl (C=O) groups is 2. The van der Waals surface area contributed by atoms with Crippen LogP contribution in [0.25, 0.3) is 22.9 Å². The number of aromatic nitrogens is 4. The minimum absolute atomic E-state index is 0.134. The summed E-state index contributed by atoms with van der Waals surface area (Å²) >= 11 is 0. The van der Waals surface area contributed by atoms with E-state index in [2.05, 4.69) is 21.8 Å². The second kappa shape index (κ2) is 10.7. The molecule has 37 heavy (non-hydrogen) atoms. The minimum atomic E-state index is -5.08. The van der Waals surface area contributed by atoms with E-state index < -0.39 is 29.3 Å². The molecule has 1 aromatic carbocycles. The molecule has 0 atom stereocenters. The largest absolute Gasteiger partial charge is 0.490 e. The second-order valence-electron chi connectivity index (χ2n) is 7.92. The summed E-state index contributed by atoms with van der Waals surface area (Å²) in [5, 5.41) is 10.4. The first-order chi connectivity index (χ1) is 17.4. The number of rotatable bonds is 5. The molecule has 1 saturated heterocycles. The standard InChI is InChI=1S/C20H23N7O3.C2HF3O2/c1-3-13-6-4-5-7-14(13)27-16-17(23-19(27)25-10-8-22-9-11-25)26(12-15(21)28)20(30)24(2)18(16)29;3-2(4,5)1(6)7/h3-7,22H,1,8-12H2,2H3,(H2,21,28);(H,6,7). The van der Waals surface area contributed by atoms with Crippen molar-refractivity contribution in [3.63, 3.8) is 0 Å². The summed E-state index contributed by atoms with van der Waals surface area (Å²) in [6.07, 6.45) is -3.38. The van der Waals surface area contributed by atoms with Gasteiger partial charge < -0.3 is 21.1 Å². The van der Waals surface area contributed by atoms with Gasteiger partial charge >= 0.3 is 17.8 Å². The van der Waals surface area contributed by atoms with E-state index in [9.17, 15) is 27.6 Å². The summed E-state index contributed by atoms with van der Waals surface area (Å²) < 4.78 is 35.6. The number of carboxylic acid groups (broad SMARTS) is 1. The molecule has 0 bridgehead atoms. The van der Waals surface area contributed by atoms with Gasteiger partial charge in [-0.2, -0.15) is 18.2 Å². The Hall–Kier alpha value is -4.40. The molecular weight excluding hydrogens is 499 g/mol. The Kier molecular flexibility index (Phi) is 7.86. The molecule has 15 heteroatoms. The van der Waals surface area contributed by atoms with Crippen molar-refractivity contribution in [1.29, 1.82) is 0 Å². The maximum Gasteiger partial charge on any atom is 0.490 e. The van der Waals surface area contributed by atoms with Crippen LogP contribution < -0.4 is 27.2 Å². The van der Waals surface area contributed by atoms with E-state index >= 15 is 0 Å². The van der Waals surface area contributed by atoms with E-state index in [1.165, 1.54) is 7.05 Å². The zero-order valence-corrected chi connectivity index (χ0v) is 19.7. The molecule has 4 N–H and O–H groups in total. The van der Waals surface area contributed by atoms with E-state index in [4.69, 9.17) is 15.6 Å². The average molecular weight is 523 g/mol. The van der Waals surface area contributed by atoms with Crippen LogP contribution in [0.3, 0.4) is 0 Å². The third-order valence-corrected chi connectivity index (χ3v) is 5.48. The molecule has 0 spiro atoms. The number of hydrogen-bond acceptors (Lipinski definition) is 7. The molecule has 4 rings (SSSR count). The number of alkyl halides is 3. The highest BCUT2D eigenvalue weighted by Gasteiger charge is 2.38. The molecule has 3 aromatic rings. The van der Waals surface area contributed by atoms with Crippen LogP contribution >= 0.6 is 0 Å². The molecule has 2 aromatic heterocycles. The molecule has 12 nitrogen and oxygen atoms in total. The van der Waals surface area contributed by atoms with Crippen molar-refractivity contribution in [2.45, 2.75) is 12.7 Å². The number of carbonyl (C=O) groups excluding carboxylic acids is 1. The fraction of sp³-hybridized carbons (Fsp3) is 0.318. The van der Waals surface area contributed by atoms with Crippen molar-refractivity contribution in [2.75, 3.05) is 31.1 Å². The number of carboxylic acids is 1. The quantitative estimate of drug-likeness (QED) is 0.424. The van der Waals surface area contributed by atoms with Gasteiger partial charge in [0.2, 0.25) is 11.9 Å². The van der Waals surface area contributed by atoms with Crippen LogP contribution in [-0.4, -0.2) is 68.0 Å². The summed E-state index contributed by atoms with van der Waals surface area (Å²) in [7, 11) is 1.38. The summed E-state index contributed by atoms with van der Waals surface area (Å²) in [6.45, 7) is 6.39. The maximum absolute atomic E-state index is 13.2. The summed E-state index contributed by atoms with van der Waals surface area (Å²) in [5.74, 6) is -2.92. The molecular formula is C22H24F3N7O5. The lowest BCUT2D eigenvalue weighted by molar-refractivity contribution is -0.192. The molecule has 0 unspecified atom stereocenters. The number of primary amides is 1. The number of para-hydroxylation sites is 1. The van der Waals surface area contributed by atoms with Crippen LogP contribution in [0.4, 0.5) is 19.1 Å². The first-order valence-electron chi connectivity index (χ1n) is 10.9. The van der Waals surface area contributed by atoms with E-state index in [1.54, 1.807) is 10.6 Å². The number of halogens is 3. The van der Waals surface area contributed by atoms with Gasteiger partial charge in [-0.3, -0.25) is 23.3 Å². The van der Waals surface area contributed by atoms with Crippen molar-refractivity contribution < 1.29 is 27.9 Å². The summed E-state index contributed by atoms with van der Waals surface area (Å²) in [5.41, 5.74) is 6.09. The molecule has 1 aliphatic heterocycles. The van der Waals surface area contributed by atoms with E-state index in [-0.39, 0.29) is 17.7 Å². The van der Waals surface area contributed by atoms with Gasteiger partial charge in [-0.1, -0.05) is 30.9 Å². The third-order valence-electron chi connectivity index (χ3n) is 5.48. The highest BCUT2D eigenvalue weighted by Crippen LogP contribution is 2.28. The molecule has 0 aliphatic carbocycles. The lowest BCUT2D eigenvalue weighted by Gasteiger charge is -2.29. The Morgan fingerprint density at radius 2 is 1.81 bits per heavy atom. The van der Waals surface area contributed by atoms with Gasteiger partial charge in [0.05, 0.1) is 5.69 Å². The minimum Gasteiger partial charge on any atom is -0.475 e. The molecule has 1 aliphatic rings. The van der Waals surface area contributed by atoms with Crippen LogP contribution in [0.15, 0.2) is 40.4 Å². The molecule has 1 amide bonds. The smallest absolute Gasteiger partial charge is 0.475 e. The van der Waals surface area contributed by atoms with Crippen LogP contribution in [-0.2, 0) is 23.2 Å². The van der Waals surface area contributed by atoms with Crippen LogP contribution in [0.5, 0.6) is 0 Å². The Balaban J connectivity index is 0.000000479. The van der Waals surface area contributed by atoms with Crippen molar-refractivity contribution in [3.05, 3.63) is 57.2 Å². The molecule has 0 saturated carbocycles. The number of piperazine rings is 1. The van der Waals surface area contributed by atoms with Crippen LogP contribution in [0.1, 0.15) is 5.56 Å². The maximum atomic E-state index is 13.2. The van der Waals surface area contributed by atoms with Crippen LogP contribution in [0, 0.1) is 0 Å². The fourth-order valence-corrected chi connectivity index (χ4v) is 3.76. The Bertz CT molecular complexity index is 1470. The predicted molar refractivity (Wildman–Crippen MR) is 129 cm³/mol. The number of aliphatic carboxylic acids is 1. The number of nitrogens with one attached hydrogen (secondary N) is 1.